The molecular formula is C17H21NOS. The first-order valence-electron chi connectivity index (χ1n) is 7.48. The van der Waals surface area contributed by atoms with Gasteiger partial charge in [0.05, 0.1) is 0 Å². The van der Waals surface area contributed by atoms with Gasteiger partial charge in [-0.05, 0) is 38.4 Å². The standard InChI is InChI=1S/C17H21NOS/c1-2-7-17(8-10-18-11-9-17)16(19)14-12-20-15-6-4-3-5-13(14)15/h3-6,12,18H,2,7-11H2,1H3. The summed E-state index contributed by atoms with van der Waals surface area (Å²) in [6.07, 6.45) is 4.04. The van der Waals surface area contributed by atoms with E-state index in [-0.39, 0.29) is 5.41 Å². The lowest BCUT2D eigenvalue weighted by Crippen LogP contribution is -2.42. The fourth-order valence-electron chi connectivity index (χ4n) is 3.41. The van der Waals surface area contributed by atoms with E-state index < -0.39 is 0 Å². The summed E-state index contributed by atoms with van der Waals surface area (Å²) in [6.45, 7) is 4.12. The summed E-state index contributed by atoms with van der Waals surface area (Å²) < 4.78 is 1.22. The normalized spacial score (nSPS) is 18.2. The topological polar surface area (TPSA) is 29.1 Å². The lowest BCUT2D eigenvalue weighted by molar-refractivity contribution is 0.0707. The van der Waals surface area contributed by atoms with Crippen LogP contribution < -0.4 is 5.32 Å². The Kier molecular flexibility index (Phi) is 3.90. The van der Waals surface area contributed by atoms with Crippen LogP contribution in [0, 0.1) is 5.41 Å². The molecule has 0 saturated carbocycles. The molecule has 1 aromatic carbocycles. The third kappa shape index (κ3) is 2.29. The van der Waals surface area contributed by atoms with Gasteiger partial charge in [-0.2, -0.15) is 0 Å². The number of ketones is 1. The highest BCUT2D eigenvalue weighted by Crippen LogP contribution is 2.40. The number of thiophene rings is 1. The molecule has 0 aliphatic carbocycles. The largest absolute Gasteiger partial charge is 0.317 e. The van der Waals surface area contributed by atoms with Crippen molar-refractivity contribution in [2.75, 3.05) is 13.1 Å². The van der Waals surface area contributed by atoms with Crippen molar-refractivity contribution in [1.82, 2.24) is 5.32 Å². The number of hydrogen-bond acceptors (Lipinski definition) is 3. The van der Waals surface area contributed by atoms with Gasteiger partial charge in [0.15, 0.2) is 5.78 Å². The van der Waals surface area contributed by atoms with Gasteiger partial charge < -0.3 is 5.32 Å². The summed E-state index contributed by atoms with van der Waals surface area (Å²) >= 11 is 1.69. The van der Waals surface area contributed by atoms with Gasteiger partial charge in [0.1, 0.15) is 0 Å². The van der Waals surface area contributed by atoms with Crippen molar-refractivity contribution in [3.8, 4) is 0 Å². The van der Waals surface area contributed by atoms with Crippen molar-refractivity contribution < 1.29 is 4.79 Å². The summed E-state index contributed by atoms with van der Waals surface area (Å²) in [5, 5.41) is 6.58. The minimum atomic E-state index is -0.135. The van der Waals surface area contributed by atoms with Gasteiger partial charge in [-0.1, -0.05) is 31.5 Å². The third-order valence-electron chi connectivity index (χ3n) is 4.50. The van der Waals surface area contributed by atoms with Crippen molar-refractivity contribution in [3.05, 3.63) is 35.2 Å². The maximum absolute atomic E-state index is 13.2. The van der Waals surface area contributed by atoms with Gasteiger partial charge in [0.2, 0.25) is 0 Å². The minimum absolute atomic E-state index is 0.135. The van der Waals surface area contributed by atoms with Gasteiger partial charge in [0.25, 0.3) is 0 Å². The molecule has 20 heavy (non-hydrogen) atoms. The Hall–Kier alpha value is -1.19. The van der Waals surface area contributed by atoms with Crippen molar-refractivity contribution in [3.63, 3.8) is 0 Å². The average molecular weight is 287 g/mol. The van der Waals surface area contributed by atoms with Crippen LogP contribution in [0.2, 0.25) is 0 Å². The van der Waals surface area contributed by atoms with E-state index >= 15 is 0 Å². The van der Waals surface area contributed by atoms with Crippen molar-refractivity contribution in [2.24, 2.45) is 5.41 Å². The molecule has 1 saturated heterocycles. The number of piperidine rings is 1. The Morgan fingerprint density at radius 2 is 2.05 bits per heavy atom. The van der Waals surface area contributed by atoms with Crippen molar-refractivity contribution in [2.45, 2.75) is 32.6 Å². The molecule has 106 valence electrons. The molecular weight excluding hydrogens is 266 g/mol. The molecule has 2 heterocycles. The lowest BCUT2D eigenvalue weighted by atomic mass is 9.70. The summed E-state index contributed by atoms with van der Waals surface area (Å²) in [6, 6.07) is 8.26. The molecule has 0 amide bonds. The first kappa shape index (κ1) is 13.8. The summed E-state index contributed by atoms with van der Waals surface area (Å²) in [4.78, 5) is 13.2. The van der Waals surface area contributed by atoms with E-state index in [0.29, 0.717) is 5.78 Å². The summed E-state index contributed by atoms with van der Waals surface area (Å²) in [5.74, 6) is 0.373. The number of nitrogens with one attached hydrogen (secondary N) is 1. The zero-order chi connectivity index (χ0) is 14.0. The quantitative estimate of drug-likeness (QED) is 0.852. The van der Waals surface area contributed by atoms with E-state index in [4.69, 9.17) is 0 Å². The molecule has 1 aliphatic rings. The van der Waals surface area contributed by atoms with E-state index in [2.05, 4.69) is 29.8 Å². The fourth-order valence-corrected chi connectivity index (χ4v) is 4.35. The predicted octanol–water partition coefficient (Wildman–Crippen LogP) is 4.25. The SMILES string of the molecule is CCCC1(C(=O)c2csc3ccccc23)CCNCC1. The highest BCUT2D eigenvalue weighted by atomic mass is 32.1. The Bertz CT molecular complexity index is 605. The first-order valence-corrected chi connectivity index (χ1v) is 8.36. The Morgan fingerprint density at radius 3 is 2.80 bits per heavy atom. The number of benzene rings is 1. The van der Waals surface area contributed by atoms with Crippen molar-refractivity contribution >= 4 is 27.2 Å². The fraction of sp³-hybridized carbons (Fsp3) is 0.471. The van der Waals surface area contributed by atoms with Crippen LogP contribution >= 0.6 is 11.3 Å². The molecule has 0 atom stereocenters. The molecule has 2 nitrogen and oxygen atoms in total. The maximum Gasteiger partial charge on any atom is 0.170 e. The number of rotatable bonds is 4. The molecule has 1 aromatic heterocycles. The lowest BCUT2D eigenvalue weighted by Gasteiger charge is -2.36. The monoisotopic (exact) mass is 287 g/mol. The van der Waals surface area contributed by atoms with Gasteiger partial charge >= 0.3 is 0 Å². The second-order valence-corrected chi connectivity index (χ2v) is 6.67. The predicted molar refractivity (Wildman–Crippen MR) is 85.6 cm³/mol. The number of Topliss-reactive ketones (excluding diaryl/α,β-unsaturated/α-hetero) is 1. The van der Waals surface area contributed by atoms with E-state index in [1.54, 1.807) is 11.3 Å². The summed E-state index contributed by atoms with van der Waals surface area (Å²) in [7, 11) is 0. The van der Waals surface area contributed by atoms with Crippen LogP contribution in [0.5, 0.6) is 0 Å². The highest BCUT2D eigenvalue weighted by molar-refractivity contribution is 7.17. The van der Waals surface area contributed by atoms with Crippen molar-refractivity contribution in [1.29, 1.82) is 0 Å². The smallest absolute Gasteiger partial charge is 0.170 e. The third-order valence-corrected chi connectivity index (χ3v) is 5.46. The van der Waals surface area contributed by atoms with E-state index in [9.17, 15) is 4.79 Å². The highest BCUT2D eigenvalue weighted by Gasteiger charge is 2.39. The van der Waals surface area contributed by atoms with E-state index in [0.717, 1.165) is 49.7 Å². The van der Waals surface area contributed by atoms with Gasteiger partial charge in [-0.3, -0.25) is 4.79 Å². The molecule has 0 unspecified atom stereocenters. The Labute approximate surface area is 124 Å². The van der Waals surface area contributed by atoms with Gasteiger partial charge in [-0.15, -0.1) is 11.3 Å². The number of carbonyl (C=O) groups excluding carboxylic acids is 1. The Morgan fingerprint density at radius 1 is 1.30 bits per heavy atom. The number of hydrogen-bond donors (Lipinski definition) is 1. The van der Waals surface area contributed by atoms with Crippen LogP contribution in [-0.4, -0.2) is 18.9 Å². The summed E-state index contributed by atoms with van der Waals surface area (Å²) in [5.41, 5.74) is 0.810. The molecule has 3 rings (SSSR count). The second-order valence-electron chi connectivity index (χ2n) is 5.75. The van der Waals surface area contributed by atoms with E-state index in [1.807, 2.05) is 12.1 Å². The van der Waals surface area contributed by atoms with Crippen LogP contribution in [-0.2, 0) is 0 Å². The van der Waals surface area contributed by atoms with Crippen LogP contribution in [0.4, 0.5) is 0 Å². The molecule has 0 spiro atoms. The molecule has 0 radical (unpaired) electrons. The number of fused-ring (bicyclic) bond motifs is 1. The molecule has 1 aliphatic heterocycles. The van der Waals surface area contributed by atoms with Gasteiger partial charge in [-0.25, -0.2) is 0 Å². The first-order chi connectivity index (χ1) is 9.77. The van der Waals surface area contributed by atoms with E-state index in [1.165, 1.54) is 4.70 Å². The zero-order valence-corrected chi connectivity index (χ0v) is 12.8. The van der Waals surface area contributed by atoms with Crippen LogP contribution in [0.15, 0.2) is 29.6 Å². The van der Waals surface area contributed by atoms with Crippen LogP contribution in [0.1, 0.15) is 43.0 Å². The molecule has 3 heteroatoms. The van der Waals surface area contributed by atoms with Crippen LogP contribution in [0.25, 0.3) is 10.1 Å². The molecule has 2 aromatic rings. The Balaban J connectivity index is 2.01. The van der Waals surface area contributed by atoms with Gasteiger partial charge in [0, 0.05) is 26.4 Å². The second kappa shape index (κ2) is 5.66. The maximum atomic E-state index is 13.2. The van der Waals surface area contributed by atoms with Crippen LogP contribution in [0.3, 0.4) is 0 Å². The molecule has 1 fully saturated rings. The average Bonchev–Trinajstić information content (AvgIpc) is 2.91. The molecule has 1 N–H and O–H groups in total. The minimum Gasteiger partial charge on any atom is -0.317 e. The number of carbonyl (C=O) groups is 1. The molecule has 0 bridgehead atoms. The zero-order valence-electron chi connectivity index (χ0n) is 11.9.